The smallest absolute Gasteiger partial charge is 0.291 e. The normalized spacial score (nSPS) is 10.7. The number of halogens is 1. The number of aryl methyl sites for hydroxylation is 1. The molecule has 0 aliphatic carbocycles. The van der Waals surface area contributed by atoms with Crippen molar-refractivity contribution in [3.8, 4) is 0 Å². The van der Waals surface area contributed by atoms with Crippen LogP contribution in [0.25, 0.3) is 10.9 Å². The summed E-state index contributed by atoms with van der Waals surface area (Å²) in [6.07, 6.45) is 1.40. The summed E-state index contributed by atoms with van der Waals surface area (Å²) >= 11 is 6.26. The number of aromatic nitrogens is 1. The molecule has 2 amide bonds. The van der Waals surface area contributed by atoms with Gasteiger partial charge in [0, 0.05) is 24.2 Å². The average molecular weight is 422 g/mol. The molecule has 4 rings (SSSR count). The molecule has 0 bridgehead atoms. The molecular formula is C22H16ClN3O4. The third-order valence-electron chi connectivity index (χ3n) is 4.62. The quantitative estimate of drug-likeness (QED) is 0.514. The molecule has 0 saturated heterocycles. The molecule has 2 aromatic heterocycles. The van der Waals surface area contributed by atoms with E-state index in [1.165, 1.54) is 29.0 Å². The van der Waals surface area contributed by atoms with Gasteiger partial charge in [-0.15, -0.1) is 0 Å². The van der Waals surface area contributed by atoms with Crippen molar-refractivity contribution in [3.63, 3.8) is 0 Å². The van der Waals surface area contributed by atoms with E-state index in [1.54, 1.807) is 49.5 Å². The minimum atomic E-state index is -0.440. The van der Waals surface area contributed by atoms with Gasteiger partial charge in [0.25, 0.3) is 17.4 Å². The van der Waals surface area contributed by atoms with Crippen LogP contribution in [0.2, 0.25) is 5.02 Å². The first-order chi connectivity index (χ1) is 14.4. The van der Waals surface area contributed by atoms with Gasteiger partial charge in [0.1, 0.15) is 0 Å². The predicted molar refractivity (Wildman–Crippen MR) is 115 cm³/mol. The Labute approximate surface area is 175 Å². The zero-order valence-electron chi connectivity index (χ0n) is 15.8. The number of nitrogens with zero attached hydrogens (tertiary/aromatic N) is 1. The third-order valence-corrected chi connectivity index (χ3v) is 4.93. The summed E-state index contributed by atoms with van der Waals surface area (Å²) in [5.41, 5.74) is 1.43. The fourth-order valence-electron chi connectivity index (χ4n) is 3.08. The zero-order valence-corrected chi connectivity index (χ0v) is 16.6. The van der Waals surface area contributed by atoms with Crippen LogP contribution < -0.4 is 16.2 Å². The van der Waals surface area contributed by atoms with Gasteiger partial charge in [-0.1, -0.05) is 29.8 Å². The Bertz CT molecular complexity index is 1330. The van der Waals surface area contributed by atoms with Crippen LogP contribution in [0.4, 0.5) is 11.4 Å². The van der Waals surface area contributed by atoms with Crippen LogP contribution in [0, 0.1) is 0 Å². The van der Waals surface area contributed by atoms with Crippen molar-refractivity contribution < 1.29 is 14.0 Å². The Kier molecular flexibility index (Phi) is 5.12. The van der Waals surface area contributed by atoms with Gasteiger partial charge < -0.3 is 19.6 Å². The van der Waals surface area contributed by atoms with Crippen molar-refractivity contribution >= 4 is 45.7 Å². The fraction of sp³-hybridized carbons (Fsp3) is 0.0455. The second-order valence-corrected chi connectivity index (χ2v) is 6.96. The zero-order chi connectivity index (χ0) is 21.3. The molecule has 0 aliphatic rings. The fourth-order valence-corrected chi connectivity index (χ4v) is 3.31. The van der Waals surface area contributed by atoms with E-state index in [0.717, 1.165) is 0 Å². The van der Waals surface area contributed by atoms with Crippen molar-refractivity contribution in [2.45, 2.75) is 0 Å². The summed E-state index contributed by atoms with van der Waals surface area (Å²) in [6.45, 7) is 0. The van der Waals surface area contributed by atoms with Crippen LogP contribution in [0.15, 0.2) is 76.1 Å². The molecular weight excluding hydrogens is 406 g/mol. The van der Waals surface area contributed by atoms with Crippen LogP contribution in [0.5, 0.6) is 0 Å². The summed E-state index contributed by atoms with van der Waals surface area (Å²) in [6, 6.07) is 16.3. The number of para-hydroxylation sites is 1. The highest BCUT2D eigenvalue weighted by molar-refractivity contribution is 6.34. The second kappa shape index (κ2) is 7.88. The minimum Gasteiger partial charge on any atom is -0.459 e. The Morgan fingerprint density at radius 3 is 2.50 bits per heavy atom. The van der Waals surface area contributed by atoms with E-state index in [-0.39, 0.29) is 21.9 Å². The Hall–Kier alpha value is -3.84. The summed E-state index contributed by atoms with van der Waals surface area (Å²) in [7, 11) is 1.65. The van der Waals surface area contributed by atoms with Crippen molar-refractivity contribution in [1.82, 2.24) is 4.57 Å². The van der Waals surface area contributed by atoms with Crippen molar-refractivity contribution in [3.05, 3.63) is 93.6 Å². The maximum atomic E-state index is 12.8. The molecule has 0 unspecified atom stereocenters. The SMILES string of the molecule is Cn1c(=O)cc(C(=O)Nc2ccc(NC(=O)c3ccco3)c(Cl)c2)c2ccccc21. The molecule has 7 nitrogen and oxygen atoms in total. The molecule has 8 heteroatoms. The number of anilines is 2. The van der Waals surface area contributed by atoms with Crippen molar-refractivity contribution in [2.24, 2.45) is 7.05 Å². The van der Waals surface area contributed by atoms with Gasteiger partial charge in [-0.2, -0.15) is 0 Å². The number of benzene rings is 2. The van der Waals surface area contributed by atoms with E-state index in [2.05, 4.69) is 10.6 Å². The molecule has 0 fully saturated rings. The third kappa shape index (κ3) is 3.70. The Morgan fingerprint density at radius 1 is 0.967 bits per heavy atom. The number of rotatable bonds is 4. The molecule has 2 aromatic carbocycles. The number of amides is 2. The lowest BCUT2D eigenvalue weighted by molar-refractivity contribution is 0.0994. The molecule has 0 atom stereocenters. The van der Waals surface area contributed by atoms with Gasteiger partial charge in [0.05, 0.1) is 28.1 Å². The van der Waals surface area contributed by atoms with Crippen LogP contribution in [-0.2, 0) is 7.05 Å². The van der Waals surface area contributed by atoms with Gasteiger partial charge in [-0.3, -0.25) is 14.4 Å². The highest BCUT2D eigenvalue weighted by atomic mass is 35.5. The highest BCUT2D eigenvalue weighted by Gasteiger charge is 2.15. The molecule has 2 N–H and O–H groups in total. The maximum absolute atomic E-state index is 12.8. The molecule has 2 heterocycles. The molecule has 4 aromatic rings. The first kappa shape index (κ1) is 19.5. The summed E-state index contributed by atoms with van der Waals surface area (Å²) in [5, 5.41) is 6.28. The standard InChI is InChI=1S/C22H16ClN3O4/c1-26-18-6-3-2-5-14(18)15(12-20(26)27)21(28)24-13-8-9-17(16(23)11-13)25-22(29)19-7-4-10-30-19/h2-12H,1H3,(H,24,28)(H,25,29). The minimum absolute atomic E-state index is 0.154. The van der Waals surface area contributed by atoms with Gasteiger partial charge in [-0.05, 0) is 36.4 Å². The molecule has 30 heavy (non-hydrogen) atoms. The largest absolute Gasteiger partial charge is 0.459 e. The number of nitrogens with one attached hydrogen (secondary N) is 2. The van der Waals surface area contributed by atoms with Crippen molar-refractivity contribution in [2.75, 3.05) is 10.6 Å². The first-order valence-electron chi connectivity index (χ1n) is 8.98. The predicted octanol–water partition coefficient (Wildman–Crippen LogP) is 4.29. The number of carbonyl (C=O) groups excluding carboxylic acids is 2. The molecule has 0 saturated carbocycles. The van der Waals surface area contributed by atoms with E-state index in [4.69, 9.17) is 16.0 Å². The van der Waals surface area contributed by atoms with Gasteiger partial charge in [0.15, 0.2) is 5.76 Å². The van der Waals surface area contributed by atoms with E-state index < -0.39 is 11.8 Å². The number of carbonyl (C=O) groups is 2. The second-order valence-electron chi connectivity index (χ2n) is 6.55. The monoisotopic (exact) mass is 421 g/mol. The summed E-state index contributed by atoms with van der Waals surface area (Å²) < 4.78 is 6.53. The molecule has 0 radical (unpaired) electrons. The summed E-state index contributed by atoms with van der Waals surface area (Å²) in [5.74, 6) is -0.724. The van der Waals surface area contributed by atoms with Gasteiger partial charge in [0.2, 0.25) is 0 Å². The molecule has 0 aliphatic heterocycles. The van der Waals surface area contributed by atoms with E-state index in [0.29, 0.717) is 22.3 Å². The van der Waals surface area contributed by atoms with Crippen molar-refractivity contribution in [1.29, 1.82) is 0 Å². The van der Waals surface area contributed by atoms with Crippen LogP contribution in [0.1, 0.15) is 20.9 Å². The number of furan rings is 1. The van der Waals surface area contributed by atoms with E-state index in [1.807, 2.05) is 0 Å². The van der Waals surface area contributed by atoms with Crippen LogP contribution in [-0.4, -0.2) is 16.4 Å². The molecule has 150 valence electrons. The topological polar surface area (TPSA) is 93.3 Å². The lowest BCUT2D eigenvalue weighted by atomic mass is 10.1. The average Bonchev–Trinajstić information content (AvgIpc) is 3.28. The van der Waals surface area contributed by atoms with E-state index >= 15 is 0 Å². The lowest BCUT2D eigenvalue weighted by Crippen LogP contribution is -2.21. The number of fused-ring (bicyclic) bond motifs is 1. The Balaban J connectivity index is 1.58. The summed E-state index contributed by atoms with van der Waals surface area (Å²) in [4.78, 5) is 37.2. The molecule has 0 spiro atoms. The van der Waals surface area contributed by atoms with E-state index in [9.17, 15) is 14.4 Å². The van der Waals surface area contributed by atoms with Crippen LogP contribution >= 0.6 is 11.6 Å². The number of hydrogen-bond acceptors (Lipinski definition) is 4. The maximum Gasteiger partial charge on any atom is 0.291 e. The Morgan fingerprint density at radius 2 is 1.77 bits per heavy atom. The van der Waals surface area contributed by atoms with Gasteiger partial charge in [-0.25, -0.2) is 0 Å². The lowest BCUT2D eigenvalue weighted by Gasteiger charge is -2.12. The van der Waals surface area contributed by atoms with Gasteiger partial charge >= 0.3 is 0 Å². The number of pyridine rings is 1. The number of hydrogen-bond donors (Lipinski definition) is 2. The van der Waals surface area contributed by atoms with Crippen LogP contribution in [0.3, 0.4) is 0 Å². The first-order valence-corrected chi connectivity index (χ1v) is 9.36. The highest BCUT2D eigenvalue weighted by Crippen LogP contribution is 2.27.